The Morgan fingerprint density at radius 2 is 1.26 bits per heavy atom. The lowest BCUT2D eigenvalue weighted by molar-refractivity contribution is 1.52. The molecule has 0 saturated carbocycles. The Bertz CT molecular complexity index is 586. The highest BCUT2D eigenvalue weighted by Crippen LogP contribution is 2.33. The lowest BCUT2D eigenvalue weighted by Crippen LogP contribution is -1.96. The van der Waals surface area contributed by atoms with Gasteiger partial charge in [0.05, 0.1) is 32.1 Å². The standard InChI is InChI=1S/C13H8Cl4N2/c14-8-3-1-4-9(15)12(8)18-7-19-13-10(16)5-2-6-11(13)17/h1-7H,(H,18,19). The first kappa shape index (κ1) is 14.5. The van der Waals surface area contributed by atoms with Crippen LogP contribution >= 0.6 is 46.4 Å². The zero-order valence-electron chi connectivity index (χ0n) is 9.50. The van der Waals surface area contributed by atoms with Crippen LogP contribution in [0.5, 0.6) is 0 Å². The van der Waals surface area contributed by atoms with E-state index in [0.29, 0.717) is 31.5 Å². The maximum absolute atomic E-state index is 6.01. The lowest BCUT2D eigenvalue weighted by atomic mass is 10.3. The summed E-state index contributed by atoms with van der Waals surface area (Å²) < 4.78 is 0. The average molecular weight is 334 g/mol. The summed E-state index contributed by atoms with van der Waals surface area (Å²) in [7, 11) is 0. The molecule has 2 rings (SSSR count). The van der Waals surface area contributed by atoms with E-state index in [4.69, 9.17) is 46.4 Å². The number of nitrogens with one attached hydrogen (secondary N) is 1. The highest BCUT2D eigenvalue weighted by Gasteiger charge is 2.04. The van der Waals surface area contributed by atoms with E-state index in [-0.39, 0.29) is 0 Å². The number of rotatable bonds is 3. The van der Waals surface area contributed by atoms with Crippen LogP contribution in [0.1, 0.15) is 0 Å². The van der Waals surface area contributed by atoms with Gasteiger partial charge in [0.2, 0.25) is 0 Å². The van der Waals surface area contributed by atoms with Crippen molar-refractivity contribution >= 4 is 64.1 Å². The van der Waals surface area contributed by atoms with Crippen LogP contribution in [0.15, 0.2) is 41.4 Å². The summed E-state index contributed by atoms with van der Waals surface area (Å²) in [5.74, 6) is 0. The molecule has 6 heteroatoms. The Balaban J connectivity index is 2.21. The van der Waals surface area contributed by atoms with E-state index in [1.165, 1.54) is 6.34 Å². The summed E-state index contributed by atoms with van der Waals surface area (Å²) in [6.45, 7) is 0. The summed E-state index contributed by atoms with van der Waals surface area (Å²) in [6, 6.07) is 10.4. The molecule has 2 nitrogen and oxygen atoms in total. The van der Waals surface area contributed by atoms with Gasteiger partial charge < -0.3 is 5.32 Å². The van der Waals surface area contributed by atoms with Gasteiger partial charge in [0.15, 0.2) is 0 Å². The molecular formula is C13H8Cl4N2. The fourth-order valence-electron chi connectivity index (χ4n) is 1.41. The molecule has 0 atom stereocenters. The van der Waals surface area contributed by atoms with Gasteiger partial charge in [0, 0.05) is 0 Å². The van der Waals surface area contributed by atoms with Crippen LogP contribution in [0.25, 0.3) is 0 Å². The quantitative estimate of drug-likeness (QED) is 0.534. The Morgan fingerprint density at radius 1 is 0.789 bits per heavy atom. The summed E-state index contributed by atoms with van der Waals surface area (Å²) in [5.41, 5.74) is 1.07. The maximum atomic E-state index is 6.01. The van der Waals surface area contributed by atoms with Crippen molar-refractivity contribution in [2.75, 3.05) is 5.32 Å². The highest BCUT2D eigenvalue weighted by molar-refractivity contribution is 6.40. The third kappa shape index (κ3) is 3.54. The van der Waals surface area contributed by atoms with Gasteiger partial charge in [-0.15, -0.1) is 0 Å². The first-order valence-electron chi connectivity index (χ1n) is 5.26. The van der Waals surface area contributed by atoms with Gasteiger partial charge in [-0.05, 0) is 24.3 Å². The van der Waals surface area contributed by atoms with Crippen molar-refractivity contribution in [2.24, 2.45) is 4.99 Å². The number of halogens is 4. The van der Waals surface area contributed by atoms with E-state index in [0.717, 1.165) is 0 Å². The van der Waals surface area contributed by atoms with Crippen LogP contribution in [-0.4, -0.2) is 6.34 Å². The molecule has 19 heavy (non-hydrogen) atoms. The molecule has 0 heterocycles. The first-order valence-corrected chi connectivity index (χ1v) is 6.78. The van der Waals surface area contributed by atoms with Gasteiger partial charge in [0.1, 0.15) is 5.69 Å². The van der Waals surface area contributed by atoms with Gasteiger partial charge in [-0.3, -0.25) is 0 Å². The molecule has 0 bridgehead atoms. The van der Waals surface area contributed by atoms with Gasteiger partial charge in [0.25, 0.3) is 0 Å². The van der Waals surface area contributed by atoms with E-state index in [1.807, 2.05) is 0 Å². The van der Waals surface area contributed by atoms with E-state index >= 15 is 0 Å². The average Bonchev–Trinajstić information content (AvgIpc) is 2.36. The highest BCUT2D eigenvalue weighted by atomic mass is 35.5. The summed E-state index contributed by atoms with van der Waals surface area (Å²) >= 11 is 24.0. The Labute approximate surface area is 131 Å². The van der Waals surface area contributed by atoms with Crippen molar-refractivity contribution in [2.45, 2.75) is 0 Å². The zero-order valence-corrected chi connectivity index (χ0v) is 12.5. The van der Waals surface area contributed by atoms with Crippen molar-refractivity contribution in [3.8, 4) is 0 Å². The second kappa shape index (κ2) is 6.49. The molecule has 0 aliphatic carbocycles. The summed E-state index contributed by atoms with van der Waals surface area (Å²) in [4.78, 5) is 4.17. The lowest BCUT2D eigenvalue weighted by Gasteiger charge is -2.06. The second-order valence-corrected chi connectivity index (χ2v) is 5.20. The van der Waals surface area contributed by atoms with E-state index in [9.17, 15) is 0 Å². The molecule has 0 aliphatic rings. The Hall–Kier alpha value is -0.930. The van der Waals surface area contributed by atoms with Crippen LogP contribution in [0, 0.1) is 0 Å². The largest absolute Gasteiger partial charge is 0.344 e. The Kier molecular flexibility index (Phi) is 4.94. The normalized spacial score (nSPS) is 10.9. The van der Waals surface area contributed by atoms with Crippen LogP contribution in [0.3, 0.4) is 0 Å². The maximum Gasteiger partial charge on any atom is 0.102 e. The first-order chi connectivity index (χ1) is 9.09. The van der Waals surface area contributed by atoms with Crippen LogP contribution < -0.4 is 5.32 Å². The number of hydrogen-bond acceptors (Lipinski definition) is 1. The van der Waals surface area contributed by atoms with Crippen LogP contribution in [0.4, 0.5) is 11.4 Å². The van der Waals surface area contributed by atoms with Crippen molar-refractivity contribution in [3.63, 3.8) is 0 Å². The molecule has 98 valence electrons. The molecule has 0 aromatic heterocycles. The molecular weight excluding hydrogens is 326 g/mol. The number of benzene rings is 2. The zero-order chi connectivity index (χ0) is 13.8. The molecule has 0 fully saturated rings. The van der Waals surface area contributed by atoms with Crippen molar-refractivity contribution < 1.29 is 0 Å². The van der Waals surface area contributed by atoms with Gasteiger partial charge in [-0.1, -0.05) is 58.5 Å². The number of para-hydroxylation sites is 2. The minimum absolute atomic E-state index is 0.468. The number of anilines is 1. The third-order valence-corrected chi connectivity index (χ3v) is 3.54. The molecule has 0 radical (unpaired) electrons. The second-order valence-electron chi connectivity index (χ2n) is 3.57. The minimum Gasteiger partial charge on any atom is -0.344 e. The van der Waals surface area contributed by atoms with E-state index < -0.39 is 0 Å². The number of nitrogens with zero attached hydrogens (tertiary/aromatic N) is 1. The predicted octanol–water partition coefficient (Wildman–Crippen LogP) is 6.07. The molecule has 1 N–H and O–H groups in total. The molecule has 0 unspecified atom stereocenters. The van der Waals surface area contributed by atoms with Crippen molar-refractivity contribution in [1.29, 1.82) is 0 Å². The van der Waals surface area contributed by atoms with Crippen LogP contribution in [-0.2, 0) is 0 Å². The number of aliphatic imine (C=N–C) groups is 1. The van der Waals surface area contributed by atoms with Crippen molar-refractivity contribution in [1.82, 2.24) is 0 Å². The third-order valence-electron chi connectivity index (χ3n) is 2.30. The van der Waals surface area contributed by atoms with Crippen molar-refractivity contribution in [3.05, 3.63) is 56.5 Å². The fourth-order valence-corrected chi connectivity index (χ4v) is 2.41. The fraction of sp³-hybridized carbons (Fsp3) is 0. The van der Waals surface area contributed by atoms with Gasteiger partial charge >= 0.3 is 0 Å². The Morgan fingerprint density at radius 3 is 1.79 bits per heavy atom. The number of hydrogen-bond donors (Lipinski definition) is 1. The van der Waals surface area contributed by atoms with Crippen LogP contribution in [0.2, 0.25) is 20.1 Å². The van der Waals surface area contributed by atoms with E-state index in [1.54, 1.807) is 36.4 Å². The minimum atomic E-state index is 0.468. The molecule has 2 aromatic carbocycles. The molecule has 0 aliphatic heterocycles. The van der Waals surface area contributed by atoms with Gasteiger partial charge in [-0.2, -0.15) is 0 Å². The summed E-state index contributed by atoms with van der Waals surface area (Å²) in [5, 5.41) is 4.86. The molecule has 2 aromatic rings. The molecule has 0 amide bonds. The molecule has 0 saturated heterocycles. The SMILES string of the molecule is Clc1cccc(Cl)c1N=CNc1c(Cl)cccc1Cl. The summed E-state index contributed by atoms with van der Waals surface area (Å²) in [6.07, 6.45) is 1.44. The van der Waals surface area contributed by atoms with E-state index in [2.05, 4.69) is 10.3 Å². The topological polar surface area (TPSA) is 24.4 Å². The predicted molar refractivity (Wildman–Crippen MR) is 84.7 cm³/mol. The monoisotopic (exact) mass is 332 g/mol. The smallest absolute Gasteiger partial charge is 0.102 e. The van der Waals surface area contributed by atoms with Gasteiger partial charge in [-0.25, -0.2) is 4.99 Å². The molecule has 0 spiro atoms.